The molecular formula is C13H9BrFNS. The number of hydrogen-bond acceptors (Lipinski definition) is 2. The van der Waals surface area contributed by atoms with Crippen molar-refractivity contribution in [2.75, 3.05) is 0 Å². The van der Waals surface area contributed by atoms with Gasteiger partial charge in [0.25, 0.3) is 0 Å². The Hall–Kier alpha value is -1.13. The number of halogens is 2. The summed E-state index contributed by atoms with van der Waals surface area (Å²) in [6.07, 6.45) is 1.75. The molecule has 0 aromatic heterocycles. The first-order valence-electron chi connectivity index (χ1n) is 4.95. The third-order valence-corrected chi connectivity index (χ3v) is 3.23. The van der Waals surface area contributed by atoms with Gasteiger partial charge in [-0.2, -0.15) is 0 Å². The predicted molar refractivity (Wildman–Crippen MR) is 74.0 cm³/mol. The van der Waals surface area contributed by atoms with Crippen LogP contribution in [0.5, 0.6) is 0 Å². The van der Waals surface area contributed by atoms with Crippen LogP contribution in [0.4, 0.5) is 4.39 Å². The lowest BCUT2D eigenvalue weighted by Gasteiger charge is -1.95. The van der Waals surface area contributed by atoms with Crippen LogP contribution in [0.15, 0.2) is 62.3 Å². The summed E-state index contributed by atoms with van der Waals surface area (Å²) in [6, 6.07) is 14.2. The Morgan fingerprint density at radius 3 is 2.59 bits per heavy atom. The molecule has 0 bridgehead atoms. The van der Waals surface area contributed by atoms with E-state index in [0.29, 0.717) is 0 Å². The molecule has 0 spiro atoms. The van der Waals surface area contributed by atoms with Crippen molar-refractivity contribution >= 4 is 34.1 Å². The van der Waals surface area contributed by atoms with Crippen molar-refractivity contribution in [2.24, 2.45) is 4.40 Å². The molecule has 0 heterocycles. The molecule has 0 amide bonds. The van der Waals surface area contributed by atoms with Gasteiger partial charge < -0.3 is 0 Å². The van der Waals surface area contributed by atoms with Crippen LogP contribution < -0.4 is 0 Å². The van der Waals surface area contributed by atoms with Gasteiger partial charge in [0.05, 0.1) is 0 Å². The molecule has 4 heteroatoms. The van der Waals surface area contributed by atoms with Crippen molar-refractivity contribution < 1.29 is 4.39 Å². The van der Waals surface area contributed by atoms with Gasteiger partial charge in [-0.15, -0.1) is 0 Å². The van der Waals surface area contributed by atoms with Crippen molar-refractivity contribution in [1.29, 1.82) is 0 Å². The van der Waals surface area contributed by atoms with Gasteiger partial charge in [0.2, 0.25) is 0 Å². The zero-order valence-electron chi connectivity index (χ0n) is 8.81. The molecule has 0 unspecified atom stereocenters. The van der Waals surface area contributed by atoms with E-state index in [4.69, 9.17) is 0 Å². The van der Waals surface area contributed by atoms with Gasteiger partial charge in [-0.3, -0.25) is 0 Å². The van der Waals surface area contributed by atoms with Gasteiger partial charge in [-0.25, -0.2) is 8.79 Å². The SMILES string of the molecule is Fc1cccc(S/N=C/c2ccc(Br)cc2)c1. The second-order valence-electron chi connectivity index (χ2n) is 3.33. The van der Waals surface area contributed by atoms with Crippen LogP contribution in [-0.2, 0) is 0 Å². The Morgan fingerprint density at radius 2 is 1.88 bits per heavy atom. The Balaban J connectivity index is 2.00. The van der Waals surface area contributed by atoms with E-state index < -0.39 is 0 Å². The van der Waals surface area contributed by atoms with Crippen molar-refractivity contribution in [3.05, 3.63) is 64.4 Å². The summed E-state index contributed by atoms with van der Waals surface area (Å²) < 4.78 is 18.1. The molecule has 0 atom stereocenters. The fourth-order valence-electron chi connectivity index (χ4n) is 1.22. The number of benzene rings is 2. The van der Waals surface area contributed by atoms with Gasteiger partial charge in [-0.1, -0.05) is 34.1 Å². The largest absolute Gasteiger partial charge is 0.219 e. The summed E-state index contributed by atoms with van der Waals surface area (Å²) in [5, 5.41) is 0. The Bertz CT molecular complexity index is 525. The molecule has 2 aromatic carbocycles. The summed E-state index contributed by atoms with van der Waals surface area (Å²) in [7, 11) is 0. The van der Waals surface area contributed by atoms with Crippen LogP contribution in [0.3, 0.4) is 0 Å². The number of nitrogens with zero attached hydrogens (tertiary/aromatic N) is 1. The number of hydrogen-bond donors (Lipinski definition) is 0. The first-order valence-corrected chi connectivity index (χ1v) is 6.52. The molecule has 1 nitrogen and oxygen atoms in total. The van der Waals surface area contributed by atoms with Gasteiger partial charge in [-0.05, 0) is 35.9 Å². The summed E-state index contributed by atoms with van der Waals surface area (Å²) in [4.78, 5) is 0.790. The highest BCUT2D eigenvalue weighted by atomic mass is 79.9. The molecule has 0 N–H and O–H groups in total. The van der Waals surface area contributed by atoms with E-state index in [2.05, 4.69) is 20.3 Å². The lowest BCUT2D eigenvalue weighted by Crippen LogP contribution is -1.78. The molecule has 0 saturated heterocycles. The van der Waals surface area contributed by atoms with E-state index in [9.17, 15) is 4.39 Å². The van der Waals surface area contributed by atoms with Gasteiger partial charge in [0, 0.05) is 27.5 Å². The number of rotatable bonds is 3. The summed E-state index contributed by atoms with van der Waals surface area (Å²) in [5.41, 5.74) is 1.01. The highest BCUT2D eigenvalue weighted by Crippen LogP contribution is 2.19. The third-order valence-electron chi connectivity index (χ3n) is 2.03. The van der Waals surface area contributed by atoms with E-state index in [0.717, 1.165) is 14.9 Å². The highest BCUT2D eigenvalue weighted by Gasteiger charge is 1.94. The minimum atomic E-state index is -0.242. The van der Waals surface area contributed by atoms with Crippen molar-refractivity contribution in [3.8, 4) is 0 Å². The maximum Gasteiger partial charge on any atom is 0.124 e. The average molecular weight is 310 g/mol. The molecule has 0 fully saturated rings. The maximum absolute atomic E-state index is 12.9. The molecule has 0 saturated carbocycles. The molecule has 0 aliphatic heterocycles. The lowest BCUT2D eigenvalue weighted by atomic mass is 10.2. The Labute approximate surface area is 112 Å². The van der Waals surface area contributed by atoms with Crippen LogP contribution in [0, 0.1) is 5.82 Å². The predicted octanol–water partition coefficient (Wildman–Crippen LogP) is 4.71. The normalized spacial score (nSPS) is 10.9. The molecule has 0 radical (unpaired) electrons. The third kappa shape index (κ3) is 3.98. The van der Waals surface area contributed by atoms with Crippen LogP contribution in [0.25, 0.3) is 0 Å². The van der Waals surface area contributed by atoms with Gasteiger partial charge in [0.15, 0.2) is 0 Å². The molecule has 17 heavy (non-hydrogen) atoms. The first-order chi connectivity index (χ1) is 8.24. The topological polar surface area (TPSA) is 12.4 Å². The molecule has 0 aliphatic carbocycles. The van der Waals surface area contributed by atoms with Crippen LogP contribution in [0.1, 0.15) is 5.56 Å². The minimum absolute atomic E-state index is 0.242. The minimum Gasteiger partial charge on any atom is -0.219 e. The highest BCUT2D eigenvalue weighted by molar-refractivity contribution is 9.10. The van der Waals surface area contributed by atoms with E-state index in [-0.39, 0.29) is 5.82 Å². The van der Waals surface area contributed by atoms with Gasteiger partial charge >= 0.3 is 0 Å². The quantitative estimate of drug-likeness (QED) is 0.590. The summed E-state index contributed by atoms with van der Waals surface area (Å²) in [5.74, 6) is -0.242. The zero-order valence-corrected chi connectivity index (χ0v) is 11.2. The molecule has 2 rings (SSSR count). The van der Waals surface area contributed by atoms with Crippen molar-refractivity contribution in [3.63, 3.8) is 0 Å². The second-order valence-corrected chi connectivity index (χ2v) is 5.12. The molecule has 86 valence electrons. The van der Waals surface area contributed by atoms with Gasteiger partial charge in [0.1, 0.15) is 5.82 Å². The first kappa shape index (κ1) is 12.3. The van der Waals surface area contributed by atoms with E-state index >= 15 is 0 Å². The van der Waals surface area contributed by atoms with Crippen LogP contribution in [0.2, 0.25) is 0 Å². The maximum atomic E-state index is 12.9. The van der Waals surface area contributed by atoms with Crippen LogP contribution >= 0.6 is 27.9 Å². The van der Waals surface area contributed by atoms with E-state index in [1.807, 2.05) is 30.3 Å². The van der Waals surface area contributed by atoms with Crippen molar-refractivity contribution in [1.82, 2.24) is 0 Å². The fraction of sp³-hybridized carbons (Fsp3) is 0. The standard InChI is InChI=1S/C13H9BrFNS/c14-11-6-4-10(5-7-11)9-16-17-13-3-1-2-12(15)8-13/h1-9H/b16-9+. The van der Waals surface area contributed by atoms with E-state index in [1.54, 1.807) is 12.3 Å². The molecular weight excluding hydrogens is 301 g/mol. The van der Waals surface area contributed by atoms with E-state index in [1.165, 1.54) is 24.1 Å². The summed E-state index contributed by atoms with van der Waals surface area (Å²) in [6.45, 7) is 0. The smallest absolute Gasteiger partial charge is 0.124 e. The average Bonchev–Trinajstić information content (AvgIpc) is 2.32. The Morgan fingerprint density at radius 1 is 1.12 bits per heavy atom. The molecule has 2 aromatic rings. The lowest BCUT2D eigenvalue weighted by molar-refractivity contribution is 0.624. The second kappa shape index (κ2) is 5.98. The summed E-state index contributed by atoms with van der Waals surface area (Å²) >= 11 is 4.62. The molecule has 0 aliphatic rings. The monoisotopic (exact) mass is 309 g/mol. The Kier molecular flexibility index (Phi) is 4.34. The van der Waals surface area contributed by atoms with Crippen LogP contribution in [-0.4, -0.2) is 6.21 Å². The zero-order chi connectivity index (χ0) is 12.1. The van der Waals surface area contributed by atoms with Crippen molar-refractivity contribution in [2.45, 2.75) is 4.90 Å². The fourth-order valence-corrected chi connectivity index (χ4v) is 2.09.